The van der Waals surface area contributed by atoms with E-state index < -0.39 is 0 Å². The second kappa shape index (κ2) is 12.1. The number of carbonyl (C=O) groups excluding carboxylic acids is 1. The average Bonchev–Trinajstić information content (AvgIpc) is 3.36. The van der Waals surface area contributed by atoms with Crippen LogP contribution < -0.4 is 10.6 Å². The molecule has 1 aliphatic rings. The summed E-state index contributed by atoms with van der Waals surface area (Å²) in [7, 11) is 0. The number of piperidine rings is 1. The number of thiocarbonyl (C=S) groups is 1. The number of nitrogens with one attached hydrogen (secondary N) is 2. The molecule has 0 aliphatic carbocycles. The van der Waals surface area contributed by atoms with E-state index in [1.54, 1.807) is 35.7 Å². The van der Waals surface area contributed by atoms with Gasteiger partial charge in [-0.2, -0.15) is 0 Å². The molecule has 0 spiro atoms. The topological polar surface area (TPSA) is 57.3 Å². The Morgan fingerprint density at radius 3 is 2.67 bits per heavy atom. The van der Waals surface area contributed by atoms with Gasteiger partial charge >= 0.3 is 0 Å². The number of nitrogens with zero attached hydrogens (tertiary/aromatic N) is 2. The summed E-state index contributed by atoms with van der Waals surface area (Å²) in [6, 6.07) is 11.7. The summed E-state index contributed by atoms with van der Waals surface area (Å²) < 4.78 is 14.0. The number of hydrogen-bond acceptors (Lipinski definition) is 4. The summed E-state index contributed by atoms with van der Waals surface area (Å²) in [4.78, 5) is 19.9. The number of anilines is 1. The molecular weight excluding hydrogens is 515 g/mol. The fourth-order valence-electron chi connectivity index (χ4n) is 4.40. The normalized spacial score (nSPS) is 14.9. The number of hydrogen-bond donors (Lipinski definition) is 2. The minimum absolute atomic E-state index is 0.305. The Labute approximate surface area is 226 Å². The quantitative estimate of drug-likeness (QED) is 0.311. The maximum absolute atomic E-state index is 14.0. The Morgan fingerprint density at radius 2 is 1.97 bits per heavy atom. The third-order valence-electron chi connectivity index (χ3n) is 6.36. The number of likely N-dealkylation sites (tertiary alicyclic amines) is 1. The molecule has 1 aromatic heterocycles. The minimum atomic E-state index is -0.380. The van der Waals surface area contributed by atoms with Crippen LogP contribution in [0.2, 0.25) is 5.02 Å². The average molecular weight is 545 g/mol. The van der Waals surface area contributed by atoms with E-state index >= 15 is 0 Å². The van der Waals surface area contributed by atoms with Crippen molar-refractivity contribution in [1.29, 1.82) is 0 Å². The predicted molar refractivity (Wildman–Crippen MR) is 151 cm³/mol. The fourth-order valence-corrected chi connectivity index (χ4v) is 5.88. The van der Waals surface area contributed by atoms with Crippen molar-refractivity contribution in [2.24, 2.45) is 0 Å². The van der Waals surface area contributed by atoms with Crippen LogP contribution in [0.25, 0.3) is 11.1 Å². The van der Waals surface area contributed by atoms with Crippen molar-refractivity contribution in [2.45, 2.75) is 51.5 Å². The van der Waals surface area contributed by atoms with Gasteiger partial charge in [0.25, 0.3) is 5.91 Å². The zero-order chi connectivity index (χ0) is 25.7. The lowest BCUT2D eigenvalue weighted by atomic mass is 9.98. The molecular formula is C27H30ClFN4OS2. The van der Waals surface area contributed by atoms with Gasteiger partial charge in [0.1, 0.15) is 11.5 Å². The molecule has 1 amide bonds. The molecule has 1 aliphatic heterocycles. The van der Waals surface area contributed by atoms with E-state index in [1.165, 1.54) is 23.5 Å². The summed E-state index contributed by atoms with van der Waals surface area (Å²) in [5.74, 6) is -0.388. The first-order valence-corrected chi connectivity index (χ1v) is 13.9. The highest BCUT2D eigenvalue weighted by Crippen LogP contribution is 2.32. The highest BCUT2D eigenvalue weighted by molar-refractivity contribution is 7.80. The van der Waals surface area contributed by atoms with E-state index in [9.17, 15) is 9.18 Å². The number of halogens is 2. The first-order valence-electron chi connectivity index (χ1n) is 12.2. The van der Waals surface area contributed by atoms with E-state index in [0.29, 0.717) is 33.9 Å². The van der Waals surface area contributed by atoms with Crippen molar-refractivity contribution in [3.63, 3.8) is 0 Å². The Bertz CT molecular complexity index is 1210. The van der Waals surface area contributed by atoms with Crippen LogP contribution in [0.3, 0.4) is 0 Å². The molecule has 1 fully saturated rings. The van der Waals surface area contributed by atoms with Gasteiger partial charge in [-0.3, -0.25) is 4.79 Å². The maximum atomic E-state index is 14.0. The Balaban J connectivity index is 1.39. The van der Waals surface area contributed by atoms with Gasteiger partial charge in [-0.15, -0.1) is 11.3 Å². The van der Waals surface area contributed by atoms with Gasteiger partial charge in [-0.05, 0) is 74.3 Å². The minimum Gasteiger partial charge on any atom is -0.360 e. The summed E-state index contributed by atoms with van der Waals surface area (Å²) in [6.07, 6.45) is 4.11. The molecule has 9 heteroatoms. The molecule has 1 atom stereocenters. The number of benzene rings is 2. The fraction of sp³-hybridized carbons (Fsp3) is 0.370. The van der Waals surface area contributed by atoms with E-state index in [0.717, 1.165) is 54.5 Å². The molecule has 2 heterocycles. The molecule has 0 bridgehead atoms. The van der Waals surface area contributed by atoms with Crippen LogP contribution >= 0.6 is 35.2 Å². The highest BCUT2D eigenvalue weighted by atomic mass is 35.5. The second-order valence-electron chi connectivity index (χ2n) is 9.12. The largest absolute Gasteiger partial charge is 0.360 e. The summed E-state index contributed by atoms with van der Waals surface area (Å²) in [5, 5.41) is 10.5. The molecule has 190 valence electrons. The molecule has 1 unspecified atom stereocenters. The lowest BCUT2D eigenvalue weighted by Crippen LogP contribution is -2.46. The number of thiazole rings is 1. The van der Waals surface area contributed by atoms with E-state index in [-0.39, 0.29) is 11.7 Å². The standard InChI is InChI=1S/C27H30ClFN4OS2/c1-3-4-17(2)30-27(35)33-13-11-19(12-14-33)26-32-24(16-36-26)25(34)31-23-10-9-21(29)15-22(23)18-5-7-20(28)8-6-18/h5-10,15-17,19H,3-4,11-14H2,1-2H3,(H,30,35)(H,31,34). The molecule has 0 radical (unpaired) electrons. The second-order valence-corrected chi connectivity index (χ2v) is 10.8. The third kappa shape index (κ3) is 6.60. The van der Waals surface area contributed by atoms with Crippen LogP contribution in [-0.2, 0) is 0 Å². The van der Waals surface area contributed by atoms with Crippen LogP contribution in [0.1, 0.15) is 60.9 Å². The SMILES string of the molecule is CCCC(C)NC(=S)N1CCC(c2nc(C(=O)Nc3ccc(F)cc3-c3ccc(Cl)cc3)cs2)CC1. The summed E-state index contributed by atoms with van der Waals surface area (Å²) >= 11 is 13.1. The summed E-state index contributed by atoms with van der Waals surface area (Å²) in [6.45, 7) is 6.08. The third-order valence-corrected chi connectivity index (χ3v) is 8.00. The van der Waals surface area contributed by atoms with Crippen molar-refractivity contribution in [2.75, 3.05) is 18.4 Å². The van der Waals surface area contributed by atoms with Gasteiger partial charge in [-0.1, -0.05) is 37.1 Å². The lowest BCUT2D eigenvalue weighted by Gasteiger charge is -2.34. The van der Waals surface area contributed by atoms with Crippen molar-refractivity contribution in [3.05, 3.63) is 69.4 Å². The molecule has 0 saturated carbocycles. The highest BCUT2D eigenvalue weighted by Gasteiger charge is 2.25. The monoisotopic (exact) mass is 544 g/mol. The van der Waals surface area contributed by atoms with Crippen LogP contribution in [0.4, 0.5) is 10.1 Å². The van der Waals surface area contributed by atoms with Crippen molar-refractivity contribution in [3.8, 4) is 11.1 Å². The predicted octanol–water partition coefficient (Wildman–Crippen LogP) is 7.10. The van der Waals surface area contributed by atoms with Crippen LogP contribution in [0, 0.1) is 5.82 Å². The van der Waals surface area contributed by atoms with Crippen molar-refractivity contribution >= 4 is 51.9 Å². The van der Waals surface area contributed by atoms with Gasteiger partial charge in [0.2, 0.25) is 0 Å². The zero-order valence-electron chi connectivity index (χ0n) is 20.4. The number of rotatable bonds is 7. The van der Waals surface area contributed by atoms with Crippen molar-refractivity contribution < 1.29 is 9.18 Å². The van der Waals surface area contributed by atoms with Crippen LogP contribution in [0.15, 0.2) is 47.8 Å². The zero-order valence-corrected chi connectivity index (χ0v) is 22.8. The lowest BCUT2D eigenvalue weighted by molar-refractivity contribution is 0.102. The van der Waals surface area contributed by atoms with E-state index in [1.807, 2.05) is 0 Å². The van der Waals surface area contributed by atoms with Gasteiger partial charge in [0.05, 0.1) is 5.01 Å². The molecule has 2 N–H and O–H groups in total. The van der Waals surface area contributed by atoms with Gasteiger partial charge < -0.3 is 15.5 Å². The number of amides is 1. The van der Waals surface area contributed by atoms with Crippen molar-refractivity contribution in [1.82, 2.24) is 15.2 Å². The first kappa shape index (κ1) is 26.5. The molecule has 1 saturated heterocycles. The van der Waals surface area contributed by atoms with E-state index in [2.05, 4.69) is 34.4 Å². The smallest absolute Gasteiger partial charge is 0.275 e. The Morgan fingerprint density at radius 1 is 1.25 bits per heavy atom. The van der Waals surface area contributed by atoms with Gasteiger partial charge in [0, 0.05) is 46.7 Å². The number of aromatic nitrogens is 1. The molecule has 36 heavy (non-hydrogen) atoms. The Kier molecular flexibility index (Phi) is 8.93. The molecule has 2 aromatic carbocycles. The number of carbonyl (C=O) groups is 1. The summed E-state index contributed by atoms with van der Waals surface area (Å²) in [5.41, 5.74) is 2.23. The Hall–Kier alpha value is -2.55. The molecule has 4 rings (SSSR count). The molecule has 5 nitrogen and oxygen atoms in total. The van der Waals surface area contributed by atoms with Gasteiger partial charge in [0.15, 0.2) is 5.11 Å². The van der Waals surface area contributed by atoms with Crippen LogP contribution in [0.5, 0.6) is 0 Å². The van der Waals surface area contributed by atoms with E-state index in [4.69, 9.17) is 23.8 Å². The molecule has 3 aromatic rings. The maximum Gasteiger partial charge on any atom is 0.275 e. The first-order chi connectivity index (χ1) is 17.3. The van der Waals surface area contributed by atoms with Gasteiger partial charge in [-0.25, -0.2) is 9.37 Å². The van der Waals surface area contributed by atoms with Crippen LogP contribution in [-0.4, -0.2) is 40.0 Å².